The van der Waals surface area contributed by atoms with E-state index in [4.69, 9.17) is 4.74 Å². The SMILES string of the molecule is Cc1cccc(C(C#N)N2CC(C)OC(C)C2)c1. The first-order valence-electron chi connectivity index (χ1n) is 6.46. The molecule has 3 heteroatoms. The molecular weight excluding hydrogens is 224 g/mol. The first kappa shape index (κ1) is 13.1. The van der Waals surface area contributed by atoms with Crippen molar-refractivity contribution in [3.8, 4) is 6.07 Å². The van der Waals surface area contributed by atoms with Gasteiger partial charge in [0.25, 0.3) is 0 Å². The molecule has 0 N–H and O–H groups in total. The molecule has 1 aromatic rings. The molecule has 3 unspecified atom stereocenters. The average Bonchev–Trinajstić information content (AvgIpc) is 2.28. The van der Waals surface area contributed by atoms with Gasteiger partial charge in [-0.25, -0.2) is 0 Å². The minimum Gasteiger partial charge on any atom is -0.373 e. The number of ether oxygens (including phenoxy) is 1. The van der Waals surface area contributed by atoms with Gasteiger partial charge < -0.3 is 4.74 Å². The van der Waals surface area contributed by atoms with Crippen LogP contribution in [-0.4, -0.2) is 30.2 Å². The third kappa shape index (κ3) is 2.90. The number of nitrogens with zero attached hydrogens (tertiary/aromatic N) is 2. The Hall–Kier alpha value is -1.37. The van der Waals surface area contributed by atoms with Crippen molar-refractivity contribution in [1.82, 2.24) is 4.90 Å². The highest BCUT2D eigenvalue weighted by Crippen LogP contribution is 2.24. The van der Waals surface area contributed by atoms with Crippen LogP contribution in [0.1, 0.15) is 31.0 Å². The highest BCUT2D eigenvalue weighted by atomic mass is 16.5. The summed E-state index contributed by atoms with van der Waals surface area (Å²) >= 11 is 0. The van der Waals surface area contributed by atoms with E-state index in [1.165, 1.54) is 5.56 Å². The first-order chi connectivity index (χ1) is 8.60. The van der Waals surface area contributed by atoms with Gasteiger partial charge in [0.1, 0.15) is 6.04 Å². The van der Waals surface area contributed by atoms with Gasteiger partial charge in [-0.15, -0.1) is 0 Å². The monoisotopic (exact) mass is 244 g/mol. The number of rotatable bonds is 2. The Labute approximate surface area is 109 Å². The smallest absolute Gasteiger partial charge is 0.124 e. The van der Waals surface area contributed by atoms with Gasteiger partial charge in [0, 0.05) is 13.1 Å². The second kappa shape index (κ2) is 5.51. The number of hydrogen-bond donors (Lipinski definition) is 0. The van der Waals surface area contributed by atoms with Crippen molar-refractivity contribution in [3.63, 3.8) is 0 Å². The molecule has 0 bridgehead atoms. The van der Waals surface area contributed by atoms with Crippen LogP contribution in [0.4, 0.5) is 0 Å². The van der Waals surface area contributed by atoms with E-state index in [0.717, 1.165) is 18.7 Å². The molecule has 0 aromatic heterocycles. The van der Waals surface area contributed by atoms with Gasteiger partial charge >= 0.3 is 0 Å². The third-order valence-electron chi connectivity index (χ3n) is 3.29. The lowest BCUT2D eigenvalue weighted by Crippen LogP contribution is -2.46. The lowest BCUT2D eigenvalue weighted by Gasteiger charge is -2.37. The Morgan fingerprint density at radius 2 is 2.00 bits per heavy atom. The van der Waals surface area contributed by atoms with Crippen LogP contribution in [0.3, 0.4) is 0 Å². The van der Waals surface area contributed by atoms with Crippen molar-refractivity contribution in [2.45, 2.75) is 39.0 Å². The van der Waals surface area contributed by atoms with E-state index in [1.807, 2.05) is 12.1 Å². The van der Waals surface area contributed by atoms with Crippen LogP contribution in [0.15, 0.2) is 24.3 Å². The molecule has 3 atom stereocenters. The summed E-state index contributed by atoms with van der Waals surface area (Å²) in [7, 11) is 0. The third-order valence-corrected chi connectivity index (χ3v) is 3.29. The summed E-state index contributed by atoms with van der Waals surface area (Å²) < 4.78 is 5.72. The second-order valence-corrected chi connectivity index (χ2v) is 5.16. The maximum atomic E-state index is 9.46. The fraction of sp³-hybridized carbons (Fsp3) is 0.533. The predicted octanol–water partition coefficient (Wildman–Crippen LogP) is 2.67. The Morgan fingerprint density at radius 1 is 1.33 bits per heavy atom. The molecule has 1 fully saturated rings. The van der Waals surface area contributed by atoms with E-state index in [9.17, 15) is 5.26 Å². The van der Waals surface area contributed by atoms with Crippen molar-refractivity contribution >= 4 is 0 Å². The molecule has 0 aliphatic carbocycles. The minimum absolute atomic E-state index is 0.168. The molecule has 3 nitrogen and oxygen atoms in total. The zero-order valence-corrected chi connectivity index (χ0v) is 11.3. The van der Waals surface area contributed by atoms with Crippen molar-refractivity contribution < 1.29 is 4.74 Å². The van der Waals surface area contributed by atoms with Gasteiger partial charge in [-0.3, -0.25) is 4.90 Å². The van der Waals surface area contributed by atoms with E-state index in [0.29, 0.717) is 0 Å². The fourth-order valence-electron chi connectivity index (χ4n) is 2.64. The summed E-state index contributed by atoms with van der Waals surface area (Å²) in [5, 5.41) is 9.46. The summed E-state index contributed by atoms with van der Waals surface area (Å²) in [5.74, 6) is 0. The zero-order valence-electron chi connectivity index (χ0n) is 11.3. The Balaban J connectivity index is 2.21. The number of benzene rings is 1. The maximum Gasteiger partial charge on any atom is 0.124 e. The largest absolute Gasteiger partial charge is 0.373 e. The minimum atomic E-state index is -0.168. The first-order valence-corrected chi connectivity index (χ1v) is 6.46. The summed E-state index contributed by atoms with van der Waals surface area (Å²) in [6.45, 7) is 7.82. The maximum absolute atomic E-state index is 9.46. The number of aryl methyl sites for hydroxylation is 1. The van der Waals surface area contributed by atoms with E-state index in [-0.39, 0.29) is 18.2 Å². The van der Waals surface area contributed by atoms with Crippen molar-refractivity contribution in [2.75, 3.05) is 13.1 Å². The summed E-state index contributed by atoms with van der Waals surface area (Å²) in [4.78, 5) is 2.22. The molecule has 18 heavy (non-hydrogen) atoms. The lowest BCUT2D eigenvalue weighted by molar-refractivity contribution is -0.0750. The molecular formula is C15H20N2O. The predicted molar refractivity (Wildman–Crippen MR) is 71.1 cm³/mol. The highest BCUT2D eigenvalue weighted by Gasteiger charge is 2.28. The Morgan fingerprint density at radius 3 is 2.56 bits per heavy atom. The topological polar surface area (TPSA) is 36.3 Å². The van der Waals surface area contributed by atoms with Crippen LogP contribution in [-0.2, 0) is 4.74 Å². The number of hydrogen-bond acceptors (Lipinski definition) is 3. The highest BCUT2D eigenvalue weighted by molar-refractivity contribution is 5.28. The molecule has 1 aromatic carbocycles. The zero-order chi connectivity index (χ0) is 13.1. The summed E-state index contributed by atoms with van der Waals surface area (Å²) in [6, 6.07) is 10.5. The van der Waals surface area contributed by atoms with Gasteiger partial charge in [0.15, 0.2) is 0 Å². The van der Waals surface area contributed by atoms with Crippen LogP contribution in [0, 0.1) is 18.3 Å². The van der Waals surface area contributed by atoms with Gasteiger partial charge in [-0.1, -0.05) is 29.8 Å². The number of nitriles is 1. The van der Waals surface area contributed by atoms with Gasteiger partial charge in [-0.2, -0.15) is 5.26 Å². The molecule has 96 valence electrons. The molecule has 2 rings (SSSR count). The summed E-state index contributed by atoms with van der Waals surface area (Å²) in [6.07, 6.45) is 0.379. The van der Waals surface area contributed by atoms with Crippen molar-refractivity contribution in [1.29, 1.82) is 5.26 Å². The molecule has 0 radical (unpaired) electrons. The lowest BCUT2D eigenvalue weighted by atomic mass is 10.0. The Bertz CT molecular complexity index is 442. The Kier molecular flexibility index (Phi) is 4.00. The van der Waals surface area contributed by atoms with Crippen LogP contribution in [0.2, 0.25) is 0 Å². The van der Waals surface area contributed by atoms with Crippen LogP contribution >= 0.6 is 0 Å². The normalized spacial score (nSPS) is 26.6. The van der Waals surface area contributed by atoms with Gasteiger partial charge in [-0.05, 0) is 26.3 Å². The molecule has 0 saturated carbocycles. The van der Waals surface area contributed by atoms with E-state index >= 15 is 0 Å². The van der Waals surface area contributed by atoms with Crippen LogP contribution in [0.25, 0.3) is 0 Å². The summed E-state index contributed by atoms with van der Waals surface area (Å²) in [5.41, 5.74) is 2.28. The van der Waals surface area contributed by atoms with Crippen LogP contribution < -0.4 is 0 Å². The van der Waals surface area contributed by atoms with E-state index in [1.54, 1.807) is 0 Å². The number of morpholine rings is 1. The standard InChI is InChI=1S/C15H20N2O/c1-11-5-4-6-14(7-11)15(8-16)17-9-12(2)18-13(3)10-17/h4-7,12-13,15H,9-10H2,1-3H3. The van der Waals surface area contributed by atoms with Gasteiger partial charge in [0.05, 0.1) is 18.3 Å². The van der Waals surface area contributed by atoms with E-state index < -0.39 is 0 Å². The molecule has 1 saturated heterocycles. The molecule has 0 spiro atoms. The molecule has 1 heterocycles. The van der Waals surface area contributed by atoms with Crippen molar-refractivity contribution in [2.24, 2.45) is 0 Å². The quantitative estimate of drug-likeness (QED) is 0.802. The average molecular weight is 244 g/mol. The second-order valence-electron chi connectivity index (χ2n) is 5.16. The molecule has 1 aliphatic heterocycles. The molecule has 0 amide bonds. The van der Waals surface area contributed by atoms with E-state index in [2.05, 4.69) is 43.9 Å². The molecule has 1 aliphatic rings. The van der Waals surface area contributed by atoms with Crippen LogP contribution in [0.5, 0.6) is 0 Å². The van der Waals surface area contributed by atoms with Gasteiger partial charge in [0.2, 0.25) is 0 Å². The van der Waals surface area contributed by atoms with Crippen molar-refractivity contribution in [3.05, 3.63) is 35.4 Å². The fourth-order valence-corrected chi connectivity index (χ4v) is 2.64.